The lowest BCUT2D eigenvalue weighted by molar-refractivity contribution is 0.174. The molecule has 0 saturated carbocycles. The number of nitrogens with zero attached hydrogens (tertiary/aromatic N) is 3. The molecule has 3 aromatic rings. The number of guanidine groups is 1. The fraction of sp³-hybridized carbons (Fsp3) is 0.286. The van der Waals surface area contributed by atoms with E-state index >= 15 is 0 Å². The Bertz CT molecular complexity index is 1020. The van der Waals surface area contributed by atoms with Crippen molar-refractivity contribution in [3.05, 3.63) is 53.9 Å². The Morgan fingerprint density at radius 3 is 2.77 bits per heavy atom. The van der Waals surface area contributed by atoms with Crippen molar-refractivity contribution in [2.75, 3.05) is 20.4 Å². The van der Waals surface area contributed by atoms with E-state index in [-0.39, 0.29) is 6.79 Å². The van der Waals surface area contributed by atoms with Crippen LogP contribution in [0.4, 0.5) is 0 Å². The Morgan fingerprint density at radius 1 is 1.13 bits per heavy atom. The highest BCUT2D eigenvalue weighted by Crippen LogP contribution is 2.32. The molecule has 1 aromatic heterocycles. The molecule has 2 heterocycles. The number of hydrogen-bond donors (Lipinski definition) is 3. The number of hydrogen-bond acceptors (Lipinski definition) is 6. The Kier molecular flexibility index (Phi) is 5.98. The molecule has 1 aliphatic rings. The van der Waals surface area contributed by atoms with Crippen LogP contribution in [0.25, 0.3) is 11.4 Å². The van der Waals surface area contributed by atoms with Crippen LogP contribution < -0.4 is 24.8 Å². The number of methoxy groups -OCH3 is 1. The van der Waals surface area contributed by atoms with Crippen molar-refractivity contribution in [1.29, 1.82) is 0 Å². The van der Waals surface area contributed by atoms with Gasteiger partial charge in [0.05, 0.1) is 20.2 Å². The van der Waals surface area contributed by atoms with Crippen LogP contribution in [0.3, 0.4) is 0 Å². The third kappa shape index (κ3) is 4.62. The van der Waals surface area contributed by atoms with Gasteiger partial charge in [0.2, 0.25) is 6.79 Å². The molecule has 0 aliphatic carbocycles. The fourth-order valence-corrected chi connectivity index (χ4v) is 2.96. The highest BCUT2D eigenvalue weighted by molar-refractivity contribution is 5.79. The standard InChI is InChI=1S/C21H24N6O3/c1-3-22-21(23-11-14-4-9-17-18(10-14)30-13-29-17)24-12-19-25-20(27-26-19)15-5-7-16(28-2)8-6-15/h4-10H,3,11-13H2,1-2H3,(H2,22,23,24)(H,25,26,27). The molecule has 0 fully saturated rings. The Morgan fingerprint density at radius 2 is 1.97 bits per heavy atom. The monoisotopic (exact) mass is 408 g/mol. The van der Waals surface area contributed by atoms with E-state index in [1.165, 1.54) is 0 Å². The van der Waals surface area contributed by atoms with E-state index < -0.39 is 0 Å². The molecule has 0 bridgehead atoms. The third-order valence-electron chi connectivity index (χ3n) is 4.50. The fourth-order valence-electron chi connectivity index (χ4n) is 2.96. The minimum absolute atomic E-state index is 0.266. The minimum atomic E-state index is 0.266. The summed E-state index contributed by atoms with van der Waals surface area (Å²) < 4.78 is 16.0. The van der Waals surface area contributed by atoms with E-state index in [2.05, 4.69) is 30.8 Å². The van der Waals surface area contributed by atoms with E-state index in [1.54, 1.807) is 7.11 Å². The largest absolute Gasteiger partial charge is 0.497 e. The first kappa shape index (κ1) is 19.6. The van der Waals surface area contributed by atoms with Crippen molar-refractivity contribution >= 4 is 5.96 Å². The van der Waals surface area contributed by atoms with Gasteiger partial charge in [0.1, 0.15) is 11.6 Å². The summed E-state index contributed by atoms with van der Waals surface area (Å²) in [6.45, 7) is 4.02. The molecule has 0 spiro atoms. The quantitative estimate of drug-likeness (QED) is 0.407. The Balaban J connectivity index is 1.37. The molecule has 30 heavy (non-hydrogen) atoms. The molecule has 3 N–H and O–H groups in total. The number of H-pyrrole nitrogens is 1. The van der Waals surface area contributed by atoms with Crippen LogP contribution in [0.5, 0.6) is 17.2 Å². The summed E-state index contributed by atoms with van der Waals surface area (Å²) in [4.78, 5) is 9.17. The lowest BCUT2D eigenvalue weighted by Gasteiger charge is -2.10. The summed E-state index contributed by atoms with van der Waals surface area (Å²) in [5.41, 5.74) is 1.96. The van der Waals surface area contributed by atoms with Crippen molar-refractivity contribution in [3.8, 4) is 28.6 Å². The Labute approximate surface area is 174 Å². The maximum absolute atomic E-state index is 5.42. The van der Waals surface area contributed by atoms with Gasteiger partial charge in [-0.3, -0.25) is 5.10 Å². The van der Waals surface area contributed by atoms with Gasteiger partial charge >= 0.3 is 0 Å². The zero-order chi connectivity index (χ0) is 20.8. The molecule has 2 aromatic carbocycles. The number of nitrogens with one attached hydrogen (secondary N) is 3. The lowest BCUT2D eigenvalue weighted by Crippen LogP contribution is -2.37. The molecule has 1 aliphatic heterocycles. The second-order valence-corrected chi connectivity index (χ2v) is 6.57. The molecular weight excluding hydrogens is 384 g/mol. The van der Waals surface area contributed by atoms with Gasteiger partial charge in [0.25, 0.3) is 0 Å². The molecule has 0 amide bonds. The summed E-state index contributed by atoms with van der Waals surface area (Å²) in [5.74, 6) is 4.37. The first-order chi connectivity index (χ1) is 14.7. The molecule has 9 nitrogen and oxygen atoms in total. The van der Waals surface area contributed by atoms with Crippen LogP contribution in [0.15, 0.2) is 47.5 Å². The SMILES string of the molecule is CCNC(=NCc1ccc2c(c1)OCO2)NCc1nc(-c2ccc(OC)cc2)n[nH]1. The third-order valence-corrected chi connectivity index (χ3v) is 4.50. The molecule has 0 radical (unpaired) electrons. The van der Waals surface area contributed by atoms with E-state index in [4.69, 9.17) is 14.2 Å². The number of aromatic nitrogens is 3. The zero-order valence-electron chi connectivity index (χ0n) is 16.9. The summed E-state index contributed by atoms with van der Waals surface area (Å²) in [6, 6.07) is 13.5. The second kappa shape index (κ2) is 9.17. The Hall–Kier alpha value is -3.75. The van der Waals surface area contributed by atoms with Gasteiger partial charge in [-0.05, 0) is 48.9 Å². The molecule has 0 atom stereocenters. The smallest absolute Gasteiger partial charge is 0.231 e. The number of benzene rings is 2. The summed E-state index contributed by atoms with van der Waals surface area (Å²) in [5, 5.41) is 13.8. The van der Waals surface area contributed by atoms with Gasteiger partial charge < -0.3 is 24.8 Å². The first-order valence-electron chi connectivity index (χ1n) is 9.71. The van der Waals surface area contributed by atoms with Crippen molar-refractivity contribution in [2.24, 2.45) is 4.99 Å². The van der Waals surface area contributed by atoms with Crippen molar-refractivity contribution in [3.63, 3.8) is 0 Å². The predicted molar refractivity (Wildman–Crippen MR) is 113 cm³/mol. The minimum Gasteiger partial charge on any atom is -0.497 e. The van der Waals surface area contributed by atoms with E-state index in [1.807, 2.05) is 49.4 Å². The number of aromatic amines is 1. The molecule has 0 unspecified atom stereocenters. The average Bonchev–Trinajstić information content (AvgIpc) is 3.45. The van der Waals surface area contributed by atoms with Crippen LogP contribution in [0.2, 0.25) is 0 Å². The zero-order valence-corrected chi connectivity index (χ0v) is 16.9. The van der Waals surface area contributed by atoms with Crippen molar-refractivity contribution in [1.82, 2.24) is 25.8 Å². The topological polar surface area (TPSA) is 106 Å². The number of ether oxygens (including phenoxy) is 3. The lowest BCUT2D eigenvalue weighted by atomic mass is 10.2. The maximum atomic E-state index is 5.42. The predicted octanol–water partition coefficient (Wildman–Crippen LogP) is 2.46. The van der Waals surface area contributed by atoms with Gasteiger partial charge in [0.15, 0.2) is 23.3 Å². The maximum Gasteiger partial charge on any atom is 0.231 e. The number of aliphatic imine (C=N–C) groups is 1. The van der Waals surface area contributed by atoms with E-state index in [0.29, 0.717) is 24.9 Å². The first-order valence-corrected chi connectivity index (χ1v) is 9.71. The summed E-state index contributed by atoms with van der Waals surface area (Å²) >= 11 is 0. The van der Waals surface area contributed by atoms with Crippen molar-refractivity contribution in [2.45, 2.75) is 20.0 Å². The van der Waals surface area contributed by atoms with Crippen molar-refractivity contribution < 1.29 is 14.2 Å². The van der Waals surface area contributed by atoms with Gasteiger partial charge in [-0.2, -0.15) is 5.10 Å². The summed E-state index contributed by atoms with van der Waals surface area (Å²) in [7, 11) is 1.64. The van der Waals surface area contributed by atoms with Crippen LogP contribution in [0, 0.1) is 0 Å². The summed E-state index contributed by atoms with van der Waals surface area (Å²) in [6.07, 6.45) is 0. The molecule has 9 heteroatoms. The van der Waals surface area contributed by atoms with E-state index in [0.717, 1.165) is 40.7 Å². The number of fused-ring (bicyclic) bond motifs is 1. The number of rotatable bonds is 7. The average molecular weight is 408 g/mol. The molecule has 4 rings (SSSR count). The highest BCUT2D eigenvalue weighted by Gasteiger charge is 2.13. The normalized spacial score (nSPS) is 12.7. The van der Waals surface area contributed by atoms with Gasteiger partial charge in [-0.25, -0.2) is 9.98 Å². The van der Waals surface area contributed by atoms with Crippen LogP contribution in [-0.4, -0.2) is 41.6 Å². The highest BCUT2D eigenvalue weighted by atomic mass is 16.7. The van der Waals surface area contributed by atoms with Crippen LogP contribution >= 0.6 is 0 Å². The van der Waals surface area contributed by atoms with Crippen LogP contribution in [0.1, 0.15) is 18.3 Å². The molecule has 156 valence electrons. The van der Waals surface area contributed by atoms with Crippen LogP contribution in [-0.2, 0) is 13.1 Å². The van der Waals surface area contributed by atoms with Gasteiger partial charge in [0, 0.05) is 12.1 Å². The molecule has 0 saturated heterocycles. The second-order valence-electron chi connectivity index (χ2n) is 6.57. The van der Waals surface area contributed by atoms with Gasteiger partial charge in [-0.1, -0.05) is 6.07 Å². The van der Waals surface area contributed by atoms with Gasteiger partial charge in [-0.15, -0.1) is 0 Å². The molecular formula is C21H24N6O3. The van der Waals surface area contributed by atoms with E-state index in [9.17, 15) is 0 Å².